The number of ether oxygens (including phenoxy) is 1. The van der Waals surface area contributed by atoms with Crippen LogP contribution in [-0.2, 0) is 4.74 Å². The Morgan fingerprint density at radius 1 is 1.44 bits per heavy atom. The van der Waals surface area contributed by atoms with E-state index in [1.54, 1.807) is 12.4 Å². The summed E-state index contributed by atoms with van der Waals surface area (Å²) in [6, 6.07) is 4.29. The maximum atomic E-state index is 12.1. The molecule has 4 rings (SSSR count). The van der Waals surface area contributed by atoms with Crippen molar-refractivity contribution in [3.05, 3.63) is 29.9 Å². The van der Waals surface area contributed by atoms with Crippen LogP contribution in [0.3, 0.4) is 0 Å². The van der Waals surface area contributed by atoms with E-state index in [1.807, 2.05) is 17.5 Å². The number of hydrogen-bond acceptors (Lipinski definition) is 6. The van der Waals surface area contributed by atoms with Crippen molar-refractivity contribution in [2.45, 2.75) is 25.0 Å². The molecule has 1 unspecified atom stereocenters. The van der Waals surface area contributed by atoms with Crippen molar-refractivity contribution < 1.29 is 9.53 Å². The predicted octanol–water partition coefficient (Wildman–Crippen LogP) is 2.19. The molecule has 0 radical (unpaired) electrons. The molecule has 25 heavy (non-hydrogen) atoms. The minimum Gasteiger partial charge on any atom is -0.374 e. The second-order valence-electron chi connectivity index (χ2n) is 6.33. The van der Waals surface area contributed by atoms with Crippen LogP contribution in [0.15, 0.2) is 29.9 Å². The highest BCUT2D eigenvalue weighted by Gasteiger charge is 2.32. The van der Waals surface area contributed by atoms with Gasteiger partial charge >= 0.3 is 6.03 Å². The molecule has 1 aliphatic carbocycles. The molecule has 1 aliphatic heterocycles. The summed E-state index contributed by atoms with van der Waals surface area (Å²) in [6.45, 7) is 3.15. The van der Waals surface area contributed by atoms with Gasteiger partial charge in [0.05, 0.1) is 18.4 Å². The summed E-state index contributed by atoms with van der Waals surface area (Å²) in [5, 5.41) is 8.15. The lowest BCUT2D eigenvalue weighted by atomic mass is 10.2. The van der Waals surface area contributed by atoms with Crippen LogP contribution in [-0.4, -0.2) is 59.3 Å². The Kier molecular flexibility index (Phi) is 4.91. The van der Waals surface area contributed by atoms with E-state index in [9.17, 15) is 4.79 Å². The number of carbonyl (C=O) groups excluding carboxylic acids is 1. The topological polar surface area (TPSA) is 79.4 Å². The highest BCUT2D eigenvalue weighted by atomic mass is 32.1. The maximum absolute atomic E-state index is 12.1. The average molecular weight is 359 g/mol. The summed E-state index contributed by atoms with van der Waals surface area (Å²) in [5.74, 6) is 0. The van der Waals surface area contributed by atoms with Gasteiger partial charge in [0.25, 0.3) is 0 Å². The second kappa shape index (κ2) is 7.47. The zero-order valence-electron chi connectivity index (χ0n) is 13.9. The van der Waals surface area contributed by atoms with Crippen molar-refractivity contribution >= 4 is 22.5 Å². The van der Waals surface area contributed by atoms with Crippen LogP contribution < -0.4 is 10.6 Å². The zero-order valence-corrected chi connectivity index (χ0v) is 14.7. The highest BCUT2D eigenvalue weighted by Crippen LogP contribution is 2.28. The van der Waals surface area contributed by atoms with Gasteiger partial charge in [-0.3, -0.25) is 15.2 Å². The number of nitrogens with zero attached hydrogens (tertiary/aromatic N) is 3. The Balaban J connectivity index is 1.25. The first-order valence-corrected chi connectivity index (χ1v) is 9.42. The summed E-state index contributed by atoms with van der Waals surface area (Å²) in [5.41, 5.74) is 1.74. The van der Waals surface area contributed by atoms with Crippen molar-refractivity contribution in [3.63, 3.8) is 0 Å². The van der Waals surface area contributed by atoms with Gasteiger partial charge in [-0.15, -0.1) is 11.3 Å². The molecule has 1 atom stereocenters. The number of morpholine rings is 1. The van der Waals surface area contributed by atoms with Gasteiger partial charge in [0.15, 0.2) is 5.13 Å². The SMILES string of the molecule is O=C(NCC1CN(C2CC2)CCO1)Nc1nc(-c2cccnc2)cs1. The monoisotopic (exact) mass is 359 g/mol. The van der Waals surface area contributed by atoms with E-state index in [-0.39, 0.29) is 12.1 Å². The van der Waals surface area contributed by atoms with Gasteiger partial charge < -0.3 is 10.1 Å². The van der Waals surface area contributed by atoms with E-state index in [2.05, 4.69) is 25.5 Å². The molecule has 0 spiro atoms. The highest BCUT2D eigenvalue weighted by molar-refractivity contribution is 7.14. The van der Waals surface area contributed by atoms with Crippen molar-refractivity contribution in [3.8, 4) is 11.3 Å². The number of anilines is 1. The smallest absolute Gasteiger partial charge is 0.321 e. The van der Waals surface area contributed by atoms with Crippen molar-refractivity contribution in [1.82, 2.24) is 20.2 Å². The fourth-order valence-electron chi connectivity index (χ4n) is 2.96. The third-order valence-corrected chi connectivity index (χ3v) is 5.16. The molecule has 2 aromatic heterocycles. The molecule has 2 aliphatic rings. The molecular formula is C17H21N5O2S. The van der Waals surface area contributed by atoms with Crippen LogP contribution in [0.2, 0.25) is 0 Å². The van der Waals surface area contributed by atoms with Gasteiger partial charge in [-0.1, -0.05) is 0 Å². The molecule has 1 saturated carbocycles. The van der Waals surface area contributed by atoms with Crippen molar-refractivity contribution in [2.75, 3.05) is 31.6 Å². The Morgan fingerprint density at radius 2 is 2.36 bits per heavy atom. The average Bonchev–Trinajstić information content (AvgIpc) is 3.41. The van der Waals surface area contributed by atoms with E-state index < -0.39 is 0 Å². The Morgan fingerprint density at radius 3 is 3.16 bits per heavy atom. The molecule has 1 saturated heterocycles. The number of thiazole rings is 1. The number of carbonyl (C=O) groups is 1. The van der Waals surface area contributed by atoms with Crippen LogP contribution in [0.5, 0.6) is 0 Å². The van der Waals surface area contributed by atoms with Crippen LogP contribution in [0, 0.1) is 0 Å². The van der Waals surface area contributed by atoms with Crippen molar-refractivity contribution in [2.24, 2.45) is 0 Å². The summed E-state index contributed by atoms with van der Waals surface area (Å²) in [7, 11) is 0. The Labute approximate surface area is 150 Å². The van der Waals surface area contributed by atoms with E-state index in [1.165, 1.54) is 24.2 Å². The maximum Gasteiger partial charge on any atom is 0.321 e. The molecule has 0 bridgehead atoms. The van der Waals surface area contributed by atoms with Gasteiger partial charge in [-0.2, -0.15) is 0 Å². The van der Waals surface area contributed by atoms with E-state index in [4.69, 9.17) is 4.74 Å². The molecule has 2 N–H and O–H groups in total. The van der Waals surface area contributed by atoms with Crippen LogP contribution in [0.4, 0.5) is 9.93 Å². The number of pyridine rings is 1. The van der Waals surface area contributed by atoms with Crippen molar-refractivity contribution in [1.29, 1.82) is 0 Å². The third-order valence-electron chi connectivity index (χ3n) is 4.41. The standard InChI is InChI=1S/C17H21N5O2S/c23-16(19-9-14-10-22(6-7-24-14)13-3-4-13)21-17-20-15(11-25-17)12-2-1-5-18-8-12/h1-2,5,8,11,13-14H,3-4,6-7,9-10H2,(H2,19,20,21,23). The third kappa shape index (κ3) is 4.33. The summed E-state index contributed by atoms with van der Waals surface area (Å²) >= 11 is 1.40. The minimum absolute atomic E-state index is 0.0577. The normalized spacial score (nSPS) is 21.0. The number of nitrogens with one attached hydrogen (secondary N) is 2. The molecule has 0 aromatic carbocycles. The first kappa shape index (κ1) is 16.4. The van der Waals surface area contributed by atoms with Crippen LogP contribution in [0.25, 0.3) is 11.3 Å². The number of hydrogen-bond donors (Lipinski definition) is 2. The first-order valence-electron chi connectivity index (χ1n) is 8.54. The fraction of sp³-hybridized carbons (Fsp3) is 0.471. The molecule has 132 valence electrons. The van der Waals surface area contributed by atoms with Crippen LogP contribution in [0.1, 0.15) is 12.8 Å². The van der Waals surface area contributed by atoms with Gasteiger partial charge in [-0.05, 0) is 25.0 Å². The number of amides is 2. The second-order valence-corrected chi connectivity index (χ2v) is 7.19. The Hall–Kier alpha value is -2.03. The molecular weight excluding hydrogens is 338 g/mol. The van der Waals surface area contributed by atoms with E-state index in [0.29, 0.717) is 11.7 Å². The lowest BCUT2D eigenvalue weighted by Gasteiger charge is -2.33. The molecule has 2 fully saturated rings. The number of rotatable bonds is 5. The number of urea groups is 1. The lowest BCUT2D eigenvalue weighted by Crippen LogP contribution is -2.48. The number of aromatic nitrogens is 2. The van der Waals surface area contributed by atoms with Crippen LogP contribution >= 0.6 is 11.3 Å². The van der Waals surface area contributed by atoms with Gasteiger partial charge in [0.2, 0.25) is 0 Å². The molecule has 2 amide bonds. The summed E-state index contributed by atoms with van der Waals surface area (Å²) in [6.07, 6.45) is 6.13. The van der Waals surface area contributed by atoms with Gasteiger partial charge in [0, 0.05) is 49.0 Å². The quantitative estimate of drug-likeness (QED) is 0.855. The fourth-order valence-corrected chi connectivity index (χ4v) is 3.68. The zero-order chi connectivity index (χ0) is 17.1. The molecule has 7 nitrogen and oxygen atoms in total. The lowest BCUT2D eigenvalue weighted by molar-refractivity contribution is -0.0286. The largest absolute Gasteiger partial charge is 0.374 e. The van der Waals surface area contributed by atoms with Gasteiger partial charge in [-0.25, -0.2) is 9.78 Å². The Bertz CT molecular complexity index is 719. The summed E-state index contributed by atoms with van der Waals surface area (Å²) in [4.78, 5) is 23.1. The van der Waals surface area contributed by atoms with E-state index in [0.717, 1.165) is 37.0 Å². The molecule has 2 aromatic rings. The molecule has 3 heterocycles. The predicted molar refractivity (Wildman–Crippen MR) is 96.7 cm³/mol. The minimum atomic E-state index is -0.251. The molecule has 8 heteroatoms. The summed E-state index contributed by atoms with van der Waals surface area (Å²) < 4.78 is 5.74. The van der Waals surface area contributed by atoms with E-state index >= 15 is 0 Å². The van der Waals surface area contributed by atoms with Gasteiger partial charge in [0.1, 0.15) is 0 Å². The first-order chi connectivity index (χ1) is 12.3.